The third-order valence-corrected chi connectivity index (χ3v) is 4.04. The molecule has 0 aliphatic carbocycles. The largest absolute Gasteiger partial charge is 0.491 e. The quantitative estimate of drug-likeness (QED) is 0.302. The Labute approximate surface area is 171 Å². The molecule has 0 spiro atoms. The van der Waals surface area contributed by atoms with Crippen molar-refractivity contribution >= 4 is 11.9 Å². The summed E-state index contributed by atoms with van der Waals surface area (Å²) < 4.78 is 16.4. The van der Waals surface area contributed by atoms with E-state index in [9.17, 15) is 4.79 Å². The molecule has 1 heterocycles. The van der Waals surface area contributed by atoms with Gasteiger partial charge >= 0.3 is 0 Å². The van der Waals surface area contributed by atoms with Crippen LogP contribution in [0.1, 0.15) is 23.8 Å². The van der Waals surface area contributed by atoms with E-state index >= 15 is 0 Å². The molecular weight excluding hydrogens is 372 g/mol. The molecule has 29 heavy (non-hydrogen) atoms. The first-order valence-corrected chi connectivity index (χ1v) is 9.66. The molecule has 1 aromatic carbocycles. The molecule has 0 aliphatic heterocycles. The number of aliphatic imine (C=N–C) groups is 1. The number of hydrogen-bond donors (Lipinski definition) is 3. The van der Waals surface area contributed by atoms with Crippen molar-refractivity contribution in [1.82, 2.24) is 16.0 Å². The fraction of sp³-hybridized carbons (Fsp3) is 0.429. The van der Waals surface area contributed by atoms with Gasteiger partial charge in [-0.3, -0.25) is 9.79 Å². The zero-order valence-corrected chi connectivity index (χ0v) is 17.3. The van der Waals surface area contributed by atoms with Gasteiger partial charge in [-0.2, -0.15) is 0 Å². The number of carbonyl (C=O) groups excluding carboxylic acids is 1. The van der Waals surface area contributed by atoms with Crippen molar-refractivity contribution in [3.63, 3.8) is 0 Å². The van der Waals surface area contributed by atoms with Crippen molar-refractivity contribution in [2.75, 3.05) is 33.4 Å². The van der Waals surface area contributed by atoms with Crippen LogP contribution in [-0.2, 0) is 22.6 Å². The summed E-state index contributed by atoms with van der Waals surface area (Å²) in [5.41, 5.74) is 2.12. The lowest BCUT2D eigenvalue weighted by atomic mass is 10.1. The predicted octanol–water partition coefficient (Wildman–Crippen LogP) is 1.98. The third kappa shape index (κ3) is 8.27. The van der Waals surface area contributed by atoms with Gasteiger partial charge in [-0.15, -0.1) is 0 Å². The normalized spacial score (nSPS) is 11.2. The molecule has 0 atom stereocenters. The summed E-state index contributed by atoms with van der Waals surface area (Å²) in [6, 6.07) is 9.64. The summed E-state index contributed by atoms with van der Waals surface area (Å²) in [4.78, 5) is 16.1. The van der Waals surface area contributed by atoms with Crippen LogP contribution in [0.2, 0.25) is 0 Å². The average molecular weight is 402 g/mol. The molecule has 0 radical (unpaired) electrons. The molecule has 1 amide bonds. The van der Waals surface area contributed by atoms with Crippen molar-refractivity contribution in [2.24, 2.45) is 4.99 Å². The smallest absolute Gasteiger partial charge is 0.239 e. The van der Waals surface area contributed by atoms with E-state index in [-0.39, 0.29) is 12.5 Å². The summed E-state index contributed by atoms with van der Waals surface area (Å²) in [7, 11) is 1.66. The number of ether oxygens (including phenoxy) is 2. The number of guanidine groups is 1. The van der Waals surface area contributed by atoms with Crippen LogP contribution in [-0.4, -0.2) is 45.3 Å². The SMILES string of the molecule is CCOCCOc1cc(C)ccc1CNC(=NC)NCC(=O)NCc1ccco1. The highest BCUT2D eigenvalue weighted by Gasteiger charge is 2.08. The fourth-order valence-corrected chi connectivity index (χ4v) is 2.52. The van der Waals surface area contributed by atoms with Crippen LogP contribution in [0, 0.1) is 6.92 Å². The Balaban J connectivity index is 1.79. The number of aryl methyl sites for hydroxylation is 1. The van der Waals surface area contributed by atoms with Crippen LogP contribution in [0.25, 0.3) is 0 Å². The van der Waals surface area contributed by atoms with Crippen LogP contribution < -0.4 is 20.7 Å². The molecule has 0 fully saturated rings. The van der Waals surface area contributed by atoms with E-state index in [1.54, 1.807) is 19.4 Å². The van der Waals surface area contributed by atoms with Gasteiger partial charge in [0, 0.05) is 25.8 Å². The van der Waals surface area contributed by atoms with Gasteiger partial charge in [-0.1, -0.05) is 12.1 Å². The summed E-state index contributed by atoms with van der Waals surface area (Å²) in [6.45, 7) is 6.66. The Kier molecular flexibility index (Phi) is 9.57. The van der Waals surface area contributed by atoms with Gasteiger partial charge in [0.15, 0.2) is 5.96 Å². The molecule has 0 saturated heterocycles. The Morgan fingerprint density at radius 3 is 2.72 bits per heavy atom. The number of amides is 1. The minimum absolute atomic E-state index is 0.103. The number of benzene rings is 1. The zero-order valence-electron chi connectivity index (χ0n) is 17.3. The molecule has 1 aromatic heterocycles. The molecule has 2 rings (SSSR count). The molecule has 158 valence electrons. The van der Waals surface area contributed by atoms with Gasteiger partial charge in [0.05, 0.1) is 26.0 Å². The molecule has 3 N–H and O–H groups in total. The maximum Gasteiger partial charge on any atom is 0.239 e. The average Bonchev–Trinajstić information content (AvgIpc) is 3.24. The molecular formula is C21H30N4O4. The molecule has 0 aliphatic rings. The second-order valence-electron chi connectivity index (χ2n) is 6.29. The van der Waals surface area contributed by atoms with E-state index in [0.717, 1.165) is 16.9 Å². The van der Waals surface area contributed by atoms with Gasteiger partial charge in [-0.25, -0.2) is 0 Å². The van der Waals surface area contributed by atoms with Crippen molar-refractivity contribution in [3.8, 4) is 5.75 Å². The zero-order chi connectivity index (χ0) is 20.9. The summed E-state index contributed by atoms with van der Waals surface area (Å²) in [6.07, 6.45) is 1.57. The van der Waals surface area contributed by atoms with Crippen molar-refractivity contribution in [3.05, 3.63) is 53.5 Å². The first kappa shape index (κ1) is 22.3. The number of carbonyl (C=O) groups is 1. The van der Waals surface area contributed by atoms with Crippen molar-refractivity contribution in [1.29, 1.82) is 0 Å². The van der Waals surface area contributed by atoms with E-state index in [4.69, 9.17) is 13.9 Å². The van der Waals surface area contributed by atoms with Crippen LogP contribution in [0.3, 0.4) is 0 Å². The Morgan fingerprint density at radius 2 is 2.00 bits per heavy atom. The molecule has 2 aromatic rings. The first-order valence-electron chi connectivity index (χ1n) is 9.66. The van der Waals surface area contributed by atoms with E-state index < -0.39 is 0 Å². The maximum absolute atomic E-state index is 12.0. The minimum Gasteiger partial charge on any atom is -0.491 e. The van der Waals surface area contributed by atoms with Crippen molar-refractivity contribution in [2.45, 2.75) is 26.9 Å². The van der Waals surface area contributed by atoms with E-state index in [1.807, 2.05) is 38.1 Å². The van der Waals surface area contributed by atoms with E-state index in [1.165, 1.54) is 0 Å². The number of hydrogen-bond acceptors (Lipinski definition) is 5. The molecule has 0 bridgehead atoms. The standard InChI is InChI=1S/C21H30N4O4/c1-4-27-10-11-29-19-12-16(2)7-8-17(19)13-24-21(22-3)25-15-20(26)23-14-18-6-5-9-28-18/h5-9,12H,4,10-11,13-15H2,1-3H3,(H,23,26)(H2,22,24,25). The summed E-state index contributed by atoms with van der Waals surface area (Å²) >= 11 is 0. The van der Waals surface area contributed by atoms with Crippen LogP contribution >= 0.6 is 0 Å². The Morgan fingerprint density at radius 1 is 1.14 bits per heavy atom. The number of furan rings is 1. The highest BCUT2D eigenvalue weighted by molar-refractivity contribution is 5.86. The van der Waals surface area contributed by atoms with Gasteiger partial charge in [0.1, 0.15) is 18.1 Å². The van der Waals surface area contributed by atoms with E-state index in [0.29, 0.717) is 44.6 Å². The van der Waals surface area contributed by atoms with E-state index in [2.05, 4.69) is 20.9 Å². The van der Waals surface area contributed by atoms with Gasteiger partial charge in [-0.05, 0) is 37.6 Å². The third-order valence-electron chi connectivity index (χ3n) is 4.04. The maximum atomic E-state index is 12.0. The number of nitrogens with one attached hydrogen (secondary N) is 3. The number of rotatable bonds is 11. The lowest BCUT2D eigenvalue weighted by molar-refractivity contribution is -0.120. The molecule has 0 saturated carbocycles. The van der Waals surface area contributed by atoms with Gasteiger partial charge in [0.2, 0.25) is 5.91 Å². The topological polar surface area (TPSA) is 97.1 Å². The van der Waals surface area contributed by atoms with Crippen LogP contribution in [0.15, 0.2) is 46.0 Å². The molecule has 0 unspecified atom stereocenters. The van der Waals surface area contributed by atoms with Crippen LogP contribution in [0.5, 0.6) is 5.75 Å². The summed E-state index contributed by atoms with van der Waals surface area (Å²) in [5, 5.41) is 8.97. The summed E-state index contributed by atoms with van der Waals surface area (Å²) in [5.74, 6) is 1.89. The fourth-order valence-electron chi connectivity index (χ4n) is 2.52. The molecule has 8 nitrogen and oxygen atoms in total. The number of nitrogens with zero attached hydrogens (tertiary/aromatic N) is 1. The lowest BCUT2D eigenvalue weighted by Gasteiger charge is -2.15. The van der Waals surface area contributed by atoms with Crippen molar-refractivity contribution < 1.29 is 18.7 Å². The highest BCUT2D eigenvalue weighted by Crippen LogP contribution is 2.20. The highest BCUT2D eigenvalue weighted by atomic mass is 16.5. The van der Waals surface area contributed by atoms with Gasteiger partial charge < -0.3 is 29.8 Å². The first-order chi connectivity index (χ1) is 14.1. The Bertz CT molecular complexity index is 775. The molecule has 8 heteroatoms. The lowest BCUT2D eigenvalue weighted by Crippen LogP contribution is -2.42. The second-order valence-corrected chi connectivity index (χ2v) is 6.29. The second kappa shape index (κ2) is 12.5. The van der Waals surface area contributed by atoms with Crippen LogP contribution in [0.4, 0.5) is 0 Å². The van der Waals surface area contributed by atoms with Gasteiger partial charge in [0.25, 0.3) is 0 Å². The minimum atomic E-state index is -0.153. The predicted molar refractivity (Wildman–Crippen MR) is 112 cm³/mol. The Hall–Kier alpha value is -3.00. The monoisotopic (exact) mass is 402 g/mol.